The van der Waals surface area contributed by atoms with Gasteiger partial charge >= 0.3 is 5.97 Å². The summed E-state index contributed by atoms with van der Waals surface area (Å²) in [7, 11) is 0. The number of nitrogens with one attached hydrogen (secondary N) is 2. The van der Waals surface area contributed by atoms with Crippen LogP contribution in [0, 0.1) is 6.92 Å². The highest BCUT2D eigenvalue weighted by Crippen LogP contribution is 2.23. The molecule has 0 aliphatic rings. The molecular formula is C17H18N4O2. The molecule has 6 heteroatoms. The van der Waals surface area contributed by atoms with Crippen LogP contribution < -0.4 is 5.32 Å². The third kappa shape index (κ3) is 3.31. The van der Waals surface area contributed by atoms with E-state index in [0.29, 0.717) is 12.2 Å². The average Bonchev–Trinajstić information content (AvgIpc) is 2.94. The Morgan fingerprint density at radius 3 is 2.78 bits per heavy atom. The maximum absolute atomic E-state index is 11.8. The summed E-state index contributed by atoms with van der Waals surface area (Å²) in [5.74, 6) is 0.421. The largest absolute Gasteiger partial charge is 0.462 e. The van der Waals surface area contributed by atoms with Gasteiger partial charge in [-0.15, -0.1) is 0 Å². The smallest absolute Gasteiger partial charge is 0.338 e. The number of hydrogen-bond acceptors (Lipinski definition) is 5. The van der Waals surface area contributed by atoms with E-state index in [2.05, 4.69) is 20.3 Å². The molecule has 23 heavy (non-hydrogen) atoms. The van der Waals surface area contributed by atoms with E-state index in [1.165, 1.54) is 6.33 Å². The van der Waals surface area contributed by atoms with Crippen LogP contribution in [-0.2, 0) is 4.74 Å². The number of carbonyl (C=O) groups excluding carboxylic acids is 1. The summed E-state index contributed by atoms with van der Waals surface area (Å²) in [4.78, 5) is 23.4. The number of nitrogens with zero attached hydrogens (tertiary/aromatic N) is 2. The Morgan fingerprint density at radius 1 is 1.26 bits per heavy atom. The van der Waals surface area contributed by atoms with Crippen LogP contribution in [0.5, 0.6) is 0 Å². The Morgan fingerprint density at radius 2 is 2.04 bits per heavy atom. The molecule has 1 aromatic carbocycles. The topological polar surface area (TPSA) is 79.9 Å². The summed E-state index contributed by atoms with van der Waals surface area (Å²) in [6, 6.07) is 9.13. The zero-order valence-electron chi connectivity index (χ0n) is 13.1. The van der Waals surface area contributed by atoms with Crippen molar-refractivity contribution in [2.24, 2.45) is 0 Å². The van der Waals surface area contributed by atoms with E-state index >= 15 is 0 Å². The highest BCUT2D eigenvalue weighted by atomic mass is 16.5. The van der Waals surface area contributed by atoms with E-state index in [0.717, 1.165) is 34.7 Å². The Balaban J connectivity index is 1.78. The lowest BCUT2D eigenvalue weighted by atomic mass is 10.2. The Kier molecular flexibility index (Phi) is 4.23. The first-order valence-corrected chi connectivity index (χ1v) is 7.52. The van der Waals surface area contributed by atoms with Crippen molar-refractivity contribution >= 4 is 28.5 Å². The quantitative estimate of drug-likeness (QED) is 0.704. The van der Waals surface area contributed by atoms with Crippen LogP contribution in [0.4, 0.5) is 11.5 Å². The molecule has 0 amide bonds. The van der Waals surface area contributed by atoms with Crippen LogP contribution in [0.25, 0.3) is 11.0 Å². The minimum absolute atomic E-state index is 0.302. The van der Waals surface area contributed by atoms with Gasteiger partial charge in [-0.2, -0.15) is 0 Å². The van der Waals surface area contributed by atoms with Crippen molar-refractivity contribution in [3.63, 3.8) is 0 Å². The third-order valence-corrected chi connectivity index (χ3v) is 3.38. The first-order valence-electron chi connectivity index (χ1n) is 7.52. The number of fused-ring (bicyclic) bond motifs is 1. The van der Waals surface area contributed by atoms with Gasteiger partial charge in [-0.3, -0.25) is 0 Å². The van der Waals surface area contributed by atoms with Gasteiger partial charge in [-0.1, -0.05) is 6.92 Å². The molecular weight excluding hydrogens is 292 g/mol. The fourth-order valence-corrected chi connectivity index (χ4v) is 2.28. The molecule has 2 aromatic heterocycles. The number of H-pyrrole nitrogens is 1. The molecule has 0 saturated heterocycles. The number of aryl methyl sites for hydroxylation is 1. The van der Waals surface area contributed by atoms with E-state index in [9.17, 15) is 4.79 Å². The molecule has 0 unspecified atom stereocenters. The van der Waals surface area contributed by atoms with Crippen LogP contribution in [0.3, 0.4) is 0 Å². The summed E-state index contributed by atoms with van der Waals surface area (Å²) < 4.78 is 5.11. The summed E-state index contributed by atoms with van der Waals surface area (Å²) in [5.41, 5.74) is 3.20. The van der Waals surface area contributed by atoms with Gasteiger partial charge in [0.2, 0.25) is 0 Å². The normalized spacial score (nSPS) is 10.7. The SMILES string of the molecule is CCCOC(=O)c1ccc(Nc2ncnc3[nH]c(C)cc23)cc1. The van der Waals surface area contributed by atoms with E-state index in [4.69, 9.17) is 4.74 Å². The Hall–Kier alpha value is -2.89. The van der Waals surface area contributed by atoms with Gasteiger partial charge in [0, 0.05) is 11.4 Å². The van der Waals surface area contributed by atoms with Crippen LogP contribution in [0.15, 0.2) is 36.7 Å². The second-order valence-corrected chi connectivity index (χ2v) is 5.28. The van der Waals surface area contributed by atoms with Gasteiger partial charge in [-0.25, -0.2) is 14.8 Å². The van der Waals surface area contributed by atoms with Crippen LogP contribution in [-0.4, -0.2) is 27.5 Å². The lowest BCUT2D eigenvalue weighted by Crippen LogP contribution is -2.05. The molecule has 0 saturated carbocycles. The highest BCUT2D eigenvalue weighted by Gasteiger charge is 2.09. The minimum atomic E-state index is -0.302. The molecule has 3 aromatic rings. The summed E-state index contributed by atoms with van der Waals surface area (Å²) >= 11 is 0. The van der Waals surface area contributed by atoms with Gasteiger partial charge in [0.1, 0.15) is 17.8 Å². The number of aromatic amines is 1. The number of aromatic nitrogens is 3. The molecule has 118 valence electrons. The second kappa shape index (κ2) is 6.48. The van der Waals surface area contributed by atoms with Gasteiger partial charge < -0.3 is 15.0 Å². The first kappa shape index (κ1) is 15.0. The van der Waals surface area contributed by atoms with Gasteiger partial charge in [-0.05, 0) is 43.7 Å². The van der Waals surface area contributed by atoms with Crippen LogP contribution >= 0.6 is 0 Å². The van der Waals surface area contributed by atoms with Crippen molar-refractivity contribution < 1.29 is 9.53 Å². The summed E-state index contributed by atoms with van der Waals surface area (Å²) in [6.07, 6.45) is 2.32. The van der Waals surface area contributed by atoms with Crippen molar-refractivity contribution in [2.45, 2.75) is 20.3 Å². The number of anilines is 2. The fourth-order valence-electron chi connectivity index (χ4n) is 2.28. The van der Waals surface area contributed by atoms with E-state index in [-0.39, 0.29) is 5.97 Å². The predicted octanol–water partition coefficient (Wildman–Crippen LogP) is 3.58. The minimum Gasteiger partial charge on any atom is -0.462 e. The number of ether oxygens (including phenoxy) is 1. The van der Waals surface area contributed by atoms with E-state index < -0.39 is 0 Å². The zero-order valence-corrected chi connectivity index (χ0v) is 13.1. The average molecular weight is 310 g/mol. The molecule has 2 N–H and O–H groups in total. The number of benzene rings is 1. The van der Waals surface area contributed by atoms with Gasteiger partial charge in [0.15, 0.2) is 0 Å². The molecule has 0 fully saturated rings. The monoisotopic (exact) mass is 310 g/mol. The molecule has 3 rings (SSSR count). The maximum atomic E-state index is 11.8. The Bertz CT molecular complexity index is 824. The molecule has 0 atom stereocenters. The summed E-state index contributed by atoms with van der Waals surface area (Å²) in [6.45, 7) is 4.37. The fraction of sp³-hybridized carbons (Fsp3) is 0.235. The number of esters is 1. The van der Waals surface area contributed by atoms with Crippen LogP contribution in [0.1, 0.15) is 29.4 Å². The molecule has 0 spiro atoms. The molecule has 0 aliphatic heterocycles. The van der Waals surface area contributed by atoms with Gasteiger partial charge in [0.25, 0.3) is 0 Å². The standard InChI is InChI=1S/C17H18N4O2/c1-3-8-23-17(22)12-4-6-13(7-5-12)21-16-14-9-11(2)20-15(14)18-10-19-16/h4-7,9-10H,3,8H2,1-2H3,(H2,18,19,20,21). The maximum Gasteiger partial charge on any atom is 0.338 e. The molecule has 2 heterocycles. The lowest BCUT2D eigenvalue weighted by Gasteiger charge is -2.07. The number of carbonyl (C=O) groups is 1. The summed E-state index contributed by atoms with van der Waals surface area (Å²) in [5, 5.41) is 4.17. The zero-order chi connectivity index (χ0) is 16.2. The van der Waals surface area contributed by atoms with E-state index in [1.54, 1.807) is 12.1 Å². The third-order valence-electron chi connectivity index (χ3n) is 3.38. The van der Waals surface area contributed by atoms with Crippen molar-refractivity contribution in [1.82, 2.24) is 15.0 Å². The van der Waals surface area contributed by atoms with Gasteiger partial charge in [0.05, 0.1) is 17.6 Å². The van der Waals surface area contributed by atoms with Crippen molar-refractivity contribution in [3.8, 4) is 0 Å². The Labute approximate surface area is 133 Å². The molecule has 0 aliphatic carbocycles. The van der Waals surface area contributed by atoms with Crippen LogP contribution in [0.2, 0.25) is 0 Å². The molecule has 0 radical (unpaired) electrons. The second-order valence-electron chi connectivity index (χ2n) is 5.28. The number of hydrogen-bond donors (Lipinski definition) is 2. The van der Waals surface area contributed by atoms with Crippen molar-refractivity contribution in [3.05, 3.63) is 47.9 Å². The highest BCUT2D eigenvalue weighted by molar-refractivity contribution is 5.91. The van der Waals surface area contributed by atoms with Crippen molar-refractivity contribution in [2.75, 3.05) is 11.9 Å². The first-order chi connectivity index (χ1) is 11.2. The molecule has 6 nitrogen and oxygen atoms in total. The van der Waals surface area contributed by atoms with E-state index in [1.807, 2.05) is 32.0 Å². The predicted molar refractivity (Wildman–Crippen MR) is 88.9 cm³/mol. The number of rotatable bonds is 5. The molecule has 0 bridgehead atoms. The lowest BCUT2D eigenvalue weighted by molar-refractivity contribution is 0.0505. The van der Waals surface area contributed by atoms with Crippen molar-refractivity contribution in [1.29, 1.82) is 0 Å².